The van der Waals surface area contributed by atoms with Crippen molar-refractivity contribution in [2.75, 3.05) is 10.6 Å². The summed E-state index contributed by atoms with van der Waals surface area (Å²) in [6.07, 6.45) is 4.00. The molecular weight excluding hydrogens is 372 g/mol. The number of nitrogens with zero attached hydrogens (tertiary/aromatic N) is 2. The number of hydrogen-bond acceptors (Lipinski definition) is 4. The van der Waals surface area contributed by atoms with E-state index in [1.165, 1.54) is 17.5 Å². The van der Waals surface area contributed by atoms with Gasteiger partial charge in [0.05, 0.1) is 0 Å². The van der Waals surface area contributed by atoms with Crippen molar-refractivity contribution in [2.45, 2.75) is 13.0 Å². The van der Waals surface area contributed by atoms with E-state index >= 15 is 0 Å². The number of rotatable bonds is 5. The summed E-state index contributed by atoms with van der Waals surface area (Å²) in [6.45, 7) is 0.608. The van der Waals surface area contributed by atoms with E-state index in [1.807, 2.05) is 54.6 Å². The molecule has 0 saturated carbocycles. The second kappa shape index (κ2) is 7.79. The quantitative estimate of drug-likeness (QED) is 0.446. The van der Waals surface area contributed by atoms with Gasteiger partial charge in [-0.15, -0.1) is 0 Å². The average Bonchev–Trinajstić information content (AvgIpc) is 3.17. The van der Waals surface area contributed by atoms with Gasteiger partial charge in [0, 0.05) is 24.0 Å². The standard InChI is InChI=1S/C25H20N4O/c30-25(22-10-4-9-21-20-8-2-1-6-18(20)14-23(21)22)29-19-7-3-5-17(13-19)15-27-24-11-12-26-16-28-24/h1-13,16H,14-15H2,(H,29,30)(H,26,27,28). The molecule has 0 bridgehead atoms. The first-order valence-electron chi connectivity index (χ1n) is 9.88. The van der Waals surface area contributed by atoms with Crippen LogP contribution in [0.1, 0.15) is 27.0 Å². The Bertz CT molecular complexity index is 1220. The van der Waals surface area contributed by atoms with Crippen molar-refractivity contribution in [2.24, 2.45) is 0 Å². The fourth-order valence-electron chi connectivity index (χ4n) is 3.92. The van der Waals surface area contributed by atoms with E-state index in [0.29, 0.717) is 6.54 Å². The first-order valence-corrected chi connectivity index (χ1v) is 9.88. The number of aromatic nitrogens is 2. The molecule has 0 fully saturated rings. The summed E-state index contributed by atoms with van der Waals surface area (Å²) >= 11 is 0. The van der Waals surface area contributed by atoms with Crippen molar-refractivity contribution in [3.8, 4) is 11.1 Å². The van der Waals surface area contributed by atoms with Crippen LogP contribution in [0.5, 0.6) is 0 Å². The van der Waals surface area contributed by atoms with E-state index in [4.69, 9.17) is 0 Å². The van der Waals surface area contributed by atoms with E-state index in [2.05, 4.69) is 38.8 Å². The highest BCUT2D eigenvalue weighted by molar-refractivity contribution is 6.07. The Balaban J connectivity index is 1.33. The zero-order valence-corrected chi connectivity index (χ0v) is 16.3. The average molecular weight is 392 g/mol. The van der Waals surface area contributed by atoms with Gasteiger partial charge in [-0.25, -0.2) is 9.97 Å². The van der Waals surface area contributed by atoms with E-state index in [-0.39, 0.29) is 5.91 Å². The molecule has 5 rings (SSSR count). The van der Waals surface area contributed by atoms with Crippen LogP contribution in [0, 0.1) is 0 Å². The maximum Gasteiger partial charge on any atom is 0.255 e. The first-order chi connectivity index (χ1) is 14.8. The number of anilines is 2. The second-order valence-electron chi connectivity index (χ2n) is 7.27. The lowest BCUT2D eigenvalue weighted by atomic mass is 10.0. The summed E-state index contributed by atoms with van der Waals surface area (Å²) in [5, 5.41) is 6.31. The van der Waals surface area contributed by atoms with Crippen molar-refractivity contribution in [1.29, 1.82) is 0 Å². The minimum Gasteiger partial charge on any atom is -0.366 e. The Morgan fingerprint density at radius 2 is 1.80 bits per heavy atom. The fraction of sp³-hybridized carbons (Fsp3) is 0.0800. The zero-order chi connectivity index (χ0) is 20.3. The Kier molecular flexibility index (Phi) is 4.69. The highest BCUT2D eigenvalue weighted by Crippen LogP contribution is 2.38. The molecule has 1 heterocycles. The second-order valence-corrected chi connectivity index (χ2v) is 7.27. The monoisotopic (exact) mass is 392 g/mol. The Morgan fingerprint density at radius 3 is 2.70 bits per heavy atom. The minimum absolute atomic E-state index is 0.0828. The molecule has 4 aromatic rings. The molecule has 1 aliphatic rings. The third kappa shape index (κ3) is 3.53. The largest absolute Gasteiger partial charge is 0.366 e. The molecule has 1 aromatic heterocycles. The number of carbonyl (C=O) groups is 1. The highest BCUT2D eigenvalue weighted by atomic mass is 16.1. The molecule has 1 amide bonds. The Morgan fingerprint density at radius 1 is 0.933 bits per heavy atom. The van der Waals surface area contributed by atoms with Gasteiger partial charge in [0.2, 0.25) is 0 Å². The number of hydrogen-bond donors (Lipinski definition) is 2. The Labute approximate surface area is 174 Å². The summed E-state index contributed by atoms with van der Waals surface area (Å²) in [7, 11) is 0. The van der Waals surface area contributed by atoms with Crippen molar-refractivity contribution < 1.29 is 4.79 Å². The fourth-order valence-corrected chi connectivity index (χ4v) is 3.92. The lowest BCUT2D eigenvalue weighted by Gasteiger charge is -2.11. The molecule has 146 valence electrons. The molecule has 0 radical (unpaired) electrons. The third-order valence-electron chi connectivity index (χ3n) is 5.34. The number of benzene rings is 3. The molecule has 0 aliphatic heterocycles. The topological polar surface area (TPSA) is 66.9 Å². The molecule has 0 spiro atoms. The van der Waals surface area contributed by atoms with Crippen molar-refractivity contribution >= 4 is 17.4 Å². The molecule has 0 unspecified atom stereocenters. The molecule has 0 atom stereocenters. The summed E-state index contributed by atoms with van der Waals surface area (Å²) in [5.74, 6) is 0.680. The van der Waals surface area contributed by atoms with Crippen LogP contribution in [-0.4, -0.2) is 15.9 Å². The summed E-state index contributed by atoms with van der Waals surface area (Å²) < 4.78 is 0. The van der Waals surface area contributed by atoms with Gasteiger partial charge in [-0.3, -0.25) is 4.79 Å². The van der Waals surface area contributed by atoms with Gasteiger partial charge < -0.3 is 10.6 Å². The lowest BCUT2D eigenvalue weighted by molar-refractivity contribution is 0.102. The van der Waals surface area contributed by atoms with Crippen molar-refractivity contribution in [3.63, 3.8) is 0 Å². The molecule has 5 nitrogen and oxygen atoms in total. The van der Waals surface area contributed by atoms with Gasteiger partial charge in [-0.2, -0.15) is 0 Å². The van der Waals surface area contributed by atoms with Gasteiger partial charge >= 0.3 is 0 Å². The van der Waals surface area contributed by atoms with Crippen LogP contribution >= 0.6 is 0 Å². The maximum atomic E-state index is 13.1. The van der Waals surface area contributed by atoms with Gasteiger partial charge in [0.15, 0.2) is 0 Å². The third-order valence-corrected chi connectivity index (χ3v) is 5.34. The van der Waals surface area contributed by atoms with Crippen LogP contribution in [-0.2, 0) is 13.0 Å². The zero-order valence-electron chi connectivity index (χ0n) is 16.3. The normalized spacial score (nSPS) is 11.5. The molecule has 5 heteroatoms. The lowest BCUT2D eigenvalue weighted by Crippen LogP contribution is -2.14. The number of carbonyl (C=O) groups excluding carboxylic acids is 1. The number of amides is 1. The predicted octanol–water partition coefficient (Wildman–Crippen LogP) is 4.91. The van der Waals surface area contributed by atoms with E-state index < -0.39 is 0 Å². The van der Waals surface area contributed by atoms with Crippen LogP contribution in [0.3, 0.4) is 0 Å². The number of fused-ring (bicyclic) bond motifs is 3. The van der Waals surface area contributed by atoms with E-state index in [1.54, 1.807) is 6.20 Å². The number of nitrogens with one attached hydrogen (secondary N) is 2. The smallest absolute Gasteiger partial charge is 0.255 e. The van der Waals surface area contributed by atoms with Crippen LogP contribution in [0.15, 0.2) is 85.3 Å². The Hall–Kier alpha value is -3.99. The minimum atomic E-state index is -0.0828. The highest BCUT2D eigenvalue weighted by Gasteiger charge is 2.23. The SMILES string of the molecule is O=C(Nc1cccc(CNc2ccncn2)c1)c1cccc2c1Cc1ccccc1-2. The van der Waals surface area contributed by atoms with Gasteiger partial charge in [-0.1, -0.05) is 48.5 Å². The van der Waals surface area contributed by atoms with Crippen molar-refractivity contribution in [3.05, 3.63) is 108 Å². The predicted molar refractivity (Wildman–Crippen MR) is 118 cm³/mol. The van der Waals surface area contributed by atoms with Crippen LogP contribution in [0.4, 0.5) is 11.5 Å². The van der Waals surface area contributed by atoms with Gasteiger partial charge in [0.25, 0.3) is 5.91 Å². The van der Waals surface area contributed by atoms with E-state index in [0.717, 1.165) is 40.2 Å². The van der Waals surface area contributed by atoms with Crippen LogP contribution in [0.2, 0.25) is 0 Å². The summed E-state index contributed by atoms with van der Waals surface area (Å²) in [5.41, 5.74) is 7.30. The van der Waals surface area contributed by atoms with Crippen LogP contribution in [0.25, 0.3) is 11.1 Å². The first kappa shape index (κ1) is 18.1. The molecule has 2 N–H and O–H groups in total. The molecule has 30 heavy (non-hydrogen) atoms. The van der Waals surface area contributed by atoms with Crippen molar-refractivity contribution in [1.82, 2.24) is 9.97 Å². The maximum absolute atomic E-state index is 13.1. The summed E-state index contributed by atoms with van der Waals surface area (Å²) in [4.78, 5) is 21.1. The van der Waals surface area contributed by atoms with Gasteiger partial charge in [-0.05, 0) is 58.5 Å². The molecular formula is C25H20N4O. The molecule has 3 aromatic carbocycles. The van der Waals surface area contributed by atoms with Crippen LogP contribution < -0.4 is 10.6 Å². The molecule has 1 aliphatic carbocycles. The van der Waals surface area contributed by atoms with Gasteiger partial charge in [0.1, 0.15) is 12.1 Å². The molecule has 0 saturated heterocycles. The van der Waals surface area contributed by atoms with E-state index in [9.17, 15) is 4.79 Å². The summed E-state index contributed by atoms with van der Waals surface area (Å²) in [6, 6.07) is 24.0.